The number of nitrogens with one attached hydrogen (secondary N) is 1. The van der Waals surface area contributed by atoms with Crippen LogP contribution in [-0.4, -0.2) is 20.4 Å². The second-order valence-electron chi connectivity index (χ2n) is 3.70. The lowest BCUT2D eigenvalue weighted by atomic mass is 10.4. The summed E-state index contributed by atoms with van der Waals surface area (Å²) in [5.41, 5.74) is 5.67. The van der Waals surface area contributed by atoms with Crippen LogP contribution in [0.5, 0.6) is 0 Å². The quantitative estimate of drug-likeness (QED) is 0.862. The van der Waals surface area contributed by atoms with Crippen LogP contribution in [0.2, 0.25) is 0 Å². The molecule has 0 radical (unpaired) electrons. The van der Waals surface area contributed by atoms with Gasteiger partial charge >= 0.3 is 0 Å². The van der Waals surface area contributed by atoms with Crippen LogP contribution in [0.1, 0.15) is 0 Å². The monoisotopic (exact) mass is 323 g/mol. The molecular formula is C11H10BrN5O2. The molecule has 0 aliphatic carbocycles. The summed E-state index contributed by atoms with van der Waals surface area (Å²) < 4.78 is 1.79. The van der Waals surface area contributed by atoms with E-state index < -0.39 is 0 Å². The maximum absolute atomic E-state index is 11.7. The molecule has 0 atom stereocenters. The average Bonchev–Trinajstić information content (AvgIpc) is 2.37. The van der Waals surface area contributed by atoms with E-state index in [-0.39, 0.29) is 18.0 Å². The van der Waals surface area contributed by atoms with Crippen molar-refractivity contribution in [2.45, 2.75) is 6.54 Å². The Morgan fingerprint density at radius 1 is 1.37 bits per heavy atom. The van der Waals surface area contributed by atoms with Crippen molar-refractivity contribution in [1.29, 1.82) is 0 Å². The van der Waals surface area contributed by atoms with Crippen LogP contribution in [-0.2, 0) is 11.3 Å². The molecule has 0 fully saturated rings. The third-order valence-corrected chi connectivity index (χ3v) is 2.62. The number of anilines is 2. The number of hydrogen-bond donors (Lipinski definition) is 2. The molecule has 0 unspecified atom stereocenters. The summed E-state index contributed by atoms with van der Waals surface area (Å²) in [5, 5.41) is 2.53. The van der Waals surface area contributed by atoms with Gasteiger partial charge in [0.1, 0.15) is 11.1 Å². The molecule has 0 aromatic carbocycles. The molecule has 8 heteroatoms. The summed E-state index contributed by atoms with van der Waals surface area (Å²) in [6.07, 6.45) is 4.28. The number of amides is 1. The van der Waals surface area contributed by atoms with Crippen LogP contribution in [0.25, 0.3) is 0 Å². The molecule has 0 saturated carbocycles. The van der Waals surface area contributed by atoms with Gasteiger partial charge in [0, 0.05) is 18.0 Å². The van der Waals surface area contributed by atoms with Gasteiger partial charge in [-0.3, -0.25) is 9.59 Å². The molecule has 7 nitrogen and oxygen atoms in total. The van der Waals surface area contributed by atoms with Crippen LogP contribution in [0.15, 0.2) is 40.1 Å². The van der Waals surface area contributed by atoms with Gasteiger partial charge in [-0.25, -0.2) is 9.97 Å². The lowest BCUT2D eigenvalue weighted by Gasteiger charge is -2.07. The predicted octanol–water partition coefficient (Wildman–Crippen LogP) is 0.622. The van der Waals surface area contributed by atoms with Crippen molar-refractivity contribution < 1.29 is 4.79 Å². The predicted molar refractivity (Wildman–Crippen MR) is 73.5 cm³/mol. The Balaban J connectivity index is 2.07. The minimum atomic E-state index is -0.385. The van der Waals surface area contributed by atoms with Gasteiger partial charge in [0.25, 0.3) is 5.56 Å². The normalized spacial score (nSPS) is 10.2. The van der Waals surface area contributed by atoms with Crippen LogP contribution in [0, 0.1) is 0 Å². The zero-order valence-corrected chi connectivity index (χ0v) is 11.3. The summed E-state index contributed by atoms with van der Waals surface area (Å²) in [5.74, 6) is -0.0746. The fourth-order valence-electron chi connectivity index (χ4n) is 1.39. The topological polar surface area (TPSA) is 103 Å². The Bertz CT molecular complexity index is 653. The highest BCUT2D eigenvalue weighted by molar-refractivity contribution is 9.10. The number of halogens is 1. The Hall–Kier alpha value is -2.22. The zero-order valence-electron chi connectivity index (χ0n) is 9.71. The Morgan fingerprint density at radius 2 is 2.16 bits per heavy atom. The molecule has 0 aliphatic heterocycles. The van der Waals surface area contributed by atoms with E-state index in [1.807, 2.05) is 0 Å². The molecule has 2 aromatic rings. The van der Waals surface area contributed by atoms with Crippen molar-refractivity contribution in [2.75, 3.05) is 11.1 Å². The number of hydrogen-bond acceptors (Lipinski definition) is 5. The van der Waals surface area contributed by atoms with Gasteiger partial charge in [-0.05, 0) is 22.0 Å². The lowest BCUT2D eigenvalue weighted by molar-refractivity contribution is -0.116. The van der Waals surface area contributed by atoms with Gasteiger partial charge < -0.3 is 15.6 Å². The first kappa shape index (κ1) is 13.2. The molecule has 3 N–H and O–H groups in total. The van der Waals surface area contributed by atoms with Crippen molar-refractivity contribution in [1.82, 2.24) is 14.5 Å². The summed E-state index contributed by atoms with van der Waals surface area (Å²) in [7, 11) is 0. The third-order valence-electron chi connectivity index (χ3n) is 2.21. The van der Waals surface area contributed by atoms with Crippen molar-refractivity contribution in [3.05, 3.63) is 45.7 Å². The second kappa shape index (κ2) is 5.61. The Labute approximate surface area is 116 Å². The standard InChI is InChI=1S/C11H10BrN5O2/c12-8-3-15-9(4-14-8)16-10(18)6-17-5-7(13)1-2-11(17)19/h1-5H,6,13H2,(H,15,16,18). The van der Waals surface area contributed by atoms with E-state index in [0.29, 0.717) is 16.1 Å². The summed E-state index contributed by atoms with van der Waals surface area (Å²) in [6.45, 7) is -0.137. The Kier molecular flexibility index (Phi) is 3.91. The minimum Gasteiger partial charge on any atom is -0.398 e. The minimum absolute atomic E-state index is 0.137. The van der Waals surface area contributed by atoms with E-state index in [1.165, 1.54) is 35.3 Å². The summed E-state index contributed by atoms with van der Waals surface area (Å²) in [6, 6.07) is 2.79. The fraction of sp³-hybridized carbons (Fsp3) is 0.0909. The van der Waals surface area contributed by atoms with Crippen molar-refractivity contribution in [3.63, 3.8) is 0 Å². The number of aromatic nitrogens is 3. The zero-order chi connectivity index (χ0) is 13.8. The van der Waals surface area contributed by atoms with E-state index in [4.69, 9.17) is 5.73 Å². The first-order valence-corrected chi connectivity index (χ1v) is 6.07. The number of carbonyl (C=O) groups excluding carboxylic acids is 1. The van der Waals surface area contributed by atoms with Gasteiger partial charge in [-0.1, -0.05) is 0 Å². The molecule has 2 heterocycles. The molecule has 2 rings (SSSR count). The van der Waals surface area contributed by atoms with Crippen LogP contribution >= 0.6 is 15.9 Å². The maximum atomic E-state index is 11.7. The molecule has 0 saturated heterocycles. The van der Waals surface area contributed by atoms with Crippen molar-refractivity contribution in [2.24, 2.45) is 0 Å². The van der Waals surface area contributed by atoms with Crippen molar-refractivity contribution in [3.8, 4) is 0 Å². The highest BCUT2D eigenvalue weighted by Gasteiger charge is 2.06. The third kappa shape index (κ3) is 3.62. The summed E-state index contributed by atoms with van der Waals surface area (Å²) >= 11 is 3.14. The lowest BCUT2D eigenvalue weighted by Crippen LogP contribution is -2.27. The fourth-order valence-corrected chi connectivity index (χ4v) is 1.59. The average molecular weight is 324 g/mol. The van der Waals surface area contributed by atoms with E-state index in [2.05, 4.69) is 31.2 Å². The second-order valence-corrected chi connectivity index (χ2v) is 4.51. The molecule has 0 aliphatic rings. The van der Waals surface area contributed by atoms with E-state index >= 15 is 0 Å². The highest BCUT2D eigenvalue weighted by atomic mass is 79.9. The maximum Gasteiger partial charge on any atom is 0.251 e. The van der Waals surface area contributed by atoms with E-state index in [1.54, 1.807) is 0 Å². The Morgan fingerprint density at radius 3 is 2.84 bits per heavy atom. The molecule has 1 amide bonds. The molecule has 19 heavy (non-hydrogen) atoms. The molecule has 0 bridgehead atoms. The molecule has 98 valence electrons. The van der Waals surface area contributed by atoms with Gasteiger partial charge in [0.15, 0.2) is 5.82 Å². The molecular weight excluding hydrogens is 314 g/mol. The van der Waals surface area contributed by atoms with Gasteiger partial charge in [0.05, 0.1) is 12.4 Å². The largest absolute Gasteiger partial charge is 0.398 e. The van der Waals surface area contributed by atoms with Crippen molar-refractivity contribution >= 4 is 33.3 Å². The SMILES string of the molecule is Nc1ccc(=O)n(CC(=O)Nc2cnc(Br)cn2)c1. The summed E-state index contributed by atoms with van der Waals surface area (Å²) in [4.78, 5) is 31.1. The molecule has 2 aromatic heterocycles. The smallest absolute Gasteiger partial charge is 0.251 e. The number of nitrogens with two attached hydrogens (primary N) is 1. The van der Waals surface area contributed by atoms with Gasteiger partial charge in [0.2, 0.25) is 5.91 Å². The van der Waals surface area contributed by atoms with Gasteiger partial charge in [-0.2, -0.15) is 0 Å². The van der Waals surface area contributed by atoms with Crippen LogP contribution < -0.4 is 16.6 Å². The first-order chi connectivity index (χ1) is 9.04. The first-order valence-electron chi connectivity index (χ1n) is 5.28. The van der Waals surface area contributed by atoms with E-state index in [0.717, 1.165) is 0 Å². The highest BCUT2D eigenvalue weighted by Crippen LogP contribution is 2.06. The number of rotatable bonds is 3. The molecule has 0 spiro atoms. The van der Waals surface area contributed by atoms with Crippen LogP contribution in [0.3, 0.4) is 0 Å². The number of nitrogen functional groups attached to an aromatic ring is 1. The van der Waals surface area contributed by atoms with E-state index in [9.17, 15) is 9.59 Å². The number of nitrogens with zero attached hydrogens (tertiary/aromatic N) is 3. The number of pyridine rings is 1. The number of carbonyl (C=O) groups is 1. The van der Waals surface area contributed by atoms with Crippen LogP contribution in [0.4, 0.5) is 11.5 Å². The van der Waals surface area contributed by atoms with Gasteiger partial charge in [-0.15, -0.1) is 0 Å².